The molecule has 3 aliphatic heterocycles. The number of piperidine rings is 1. The Bertz CT molecular complexity index is 140. The van der Waals surface area contributed by atoms with Gasteiger partial charge in [-0.15, -0.1) is 26.2 Å². The Hall–Kier alpha value is 3.27. The van der Waals surface area contributed by atoms with E-state index in [1.807, 2.05) is 0 Å². The van der Waals surface area contributed by atoms with Crippen LogP contribution < -0.4 is 53.7 Å². The smallest absolute Gasteiger partial charge is 0.662 e. The van der Waals surface area contributed by atoms with E-state index in [2.05, 4.69) is 40.4 Å². The molecule has 29 heavy (non-hydrogen) atoms. The quantitative estimate of drug-likeness (QED) is 0.241. The zero-order valence-corrected chi connectivity index (χ0v) is 26.1. The van der Waals surface area contributed by atoms with Gasteiger partial charge in [0.2, 0.25) is 0 Å². The number of rotatable bonds is 1. The van der Waals surface area contributed by atoms with Gasteiger partial charge in [0.05, 0.1) is 0 Å². The summed E-state index contributed by atoms with van der Waals surface area (Å²) in [5.74, 6) is 0. The van der Waals surface area contributed by atoms with Crippen molar-refractivity contribution in [3.63, 3.8) is 0 Å². The first kappa shape index (κ1) is 53.6. The van der Waals surface area contributed by atoms with Crippen LogP contribution in [0.1, 0.15) is 39.0 Å². The van der Waals surface area contributed by atoms with Crippen molar-refractivity contribution < 1.29 is 103 Å². The van der Waals surface area contributed by atoms with E-state index >= 15 is 0 Å². The standard InChI is InChI=1S/C5H10N.C4H10N2.C4H9N2.C4H9.2CH3.B.2Li.2Y/c1-2-4-6-5-3-1;2*1-2-6-4-3-5-1;1-3-4-2;;;;;;;/h1-5H2;5-6H,1-4H2;5H,1-4H2;1,3-4H2,2H3;2*1H3;;;;;/q-1;;4*-1;;2*+1;;. The molecule has 3 fully saturated rings. The van der Waals surface area contributed by atoms with Crippen molar-refractivity contribution in [2.45, 2.75) is 39.0 Å². The Kier molecular flexibility index (Phi) is 97.7. The first-order chi connectivity index (χ1) is 10.9. The average Bonchev–Trinajstić information content (AvgIpc) is 2.67. The van der Waals surface area contributed by atoms with Crippen LogP contribution in [0.25, 0.3) is 10.6 Å². The molecule has 3 saturated heterocycles. The Labute approximate surface area is 261 Å². The number of piperazine rings is 2. The predicted octanol–water partition coefficient (Wildman–Crippen LogP) is -3.17. The molecule has 0 spiro atoms. The number of hydrogen-bond donors (Lipinski definition) is 3. The van der Waals surface area contributed by atoms with E-state index in [1.165, 1.54) is 25.7 Å². The van der Waals surface area contributed by atoms with Crippen molar-refractivity contribution in [2.75, 3.05) is 65.4 Å². The molecule has 159 valence electrons. The van der Waals surface area contributed by atoms with Crippen LogP contribution in [0.3, 0.4) is 0 Å². The van der Waals surface area contributed by atoms with Crippen LogP contribution in [0.15, 0.2) is 0 Å². The van der Waals surface area contributed by atoms with Gasteiger partial charge in [0.15, 0.2) is 0 Å². The summed E-state index contributed by atoms with van der Waals surface area (Å²) in [5.41, 5.74) is 0. The Morgan fingerprint density at radius 3 is 1.07 bits per heavy atom. The van der Waals surface area contributed by atoms with Gasteiger partial charge in [-0.3, -0.25) is 0 Å². The molecule has 0 atom stereocenters. The summed E-state index contributed by atoms with van der Waals surface area (Å²) in [6.45, 7) is 16.7. The number of nitrogens with one attached hydrogen (secondary N) is 3. The Morgan fingerprint density at radius 2 is 0.966 bits per heavy atom. The van der Waals surface area contributed by atoms with Crippen molar-refractivity contribution >= 4 is 8.41 Å². The van der Waals surface area contributed by atoms with Gasteiger partial charge in [-0.2, -0.15) is 6.42 Å². The predicted molar refractivity (Wildman–Crippen MR) is 117 cm³/mol. The van der Waals surface area contributed by atoms with Gasteiger partial charge >= 0.3 is 37.7 Å². The average molecular weight is 545 g/mol. The van der Waals surface area contributed by atoms with Crippen LogP contribution in [-0.2, 0) is 65.4 Å². The largest absolute Gasteiger partial charge is 1.00 e. The topological polar surface area (TPSA) is 64.3 Å². The molecule has 0 unspecified atom stereocenters. The summed E-state index contributed by atoms with van der Waals surface area (Å²) < 4.78 is 0. The molecule has 5 radical (unpaired) electrons. The molecule has 0 amide bonds. The van der Waals surface area contributed by atoms with Crippen LogP contribution in [0.5, 0.6) is 0 Å². The van der Waals surface area contributed by atoms with Crippen molar-refractivity contribution in [3.8, 4) is 0 Å². The zero-order chi connectivity index (χ0) is 16.1. The molecule has 3 rings (SSSR count). The van der Waals surface area contributed by atoms with Gasteiger partial charge in [-0.05, 0) is 13.1 Å². The number of unbranched alkanes of at least 4 members (excludes halogenated alkanes) is 1. The molecule has 10 heteroatoms. The van der Waals surface area contributed by atoms with Crippen LogP contribution >= 0.6 is 0 Å². The van der Waals surface area contributed by atoms with Gasteiger partial charge in [-0.25, -0.2) is 0 Å². The molecule has 5 nitrogen and oxygen atoms in total. The maximum atomic E-state index is 4.18. The third-order valence-corrected chi connectivity index (χ3v) is 3.34. The minimum Gasteiger partial charge on any atom is -0.662 e. The summed E-state index contributed by atoms with van der Waals surface area (Å²) in [6, 6.07) is 0. The number of hydrogen-bond acceptors (Lipinski definition) is 3. The van der Waals surface area contributed by atoms with E-state index in [9.17, 15) is 0 Å². The maximum Gasteiger partial charge on any atom is 1.00 e. The fraction of sp³-hybridized carbons (Fsp3) is 0.842. The van der Waals surface area contributed by atoms with Gasteiger partial charge in [0, 0.05) is 100 Å². The van der Waals surface area contributed by atoms with E-state index in [0.717, 1.165) is 71.9 Å². The van der Waals surface area contributed by atoms with Gasteiger partial charge in [0.25, 0.3) is 0 Å². The van der Waals surface area contributed by atoms with E-state index in [1.54, 1.807) is 0 Å². The fourth-order valence-corrected chi connectivity index (χ4v) is 1.89. The third kappa shape index (κ3) is 54.0. The van der Waals surface area contributed by atoms with Crippen molar-refractivity contribution in [1.29, 1.82) is 0 Å². The van der Waals surface area contributed by atoms with Crippen molar-refractivity contribution in [2.24, 2.45) is 0 Å². The van der Waals surface area contributed by atoms with E-state index < -0.39 is 0 Å². The molecule has 0 saturated carbocycles. The third-order valence-electron chi connectivity index (χ3n) is 3.34. The van der Waals surface area contributed by atoms with E-state index in [0.29, 0.717) is 0 Å². The van der Waals surface area contributed by atoms with Gasteiger partial charge in [-0.1, -0.05) is 32.6 Å². The minimum absolute atomic E-state index is 0. The number of nitrogens with zero attached hydrogens (tertiary/aromatic N) is 2. The summed E-state index contributed by atoms with van der Waals surface area (Å²) in [6.07, 6.45) is 6.35. The monoisotopic (exact) mass is 545 g/mol. The first-order valence-electron chi connectivity index (χ1n) is 9.09. The van der Waals surface area contributed by atoms with E-state index in [4.69, 9.17) is 0 Å². The molecule has 0 aromatic carbocycles. The van der Waals surface area contributed by atoms with E-state index in [-0.39, 0.29) is 126 Å². The van der Waals surface area contributed by atoms with Crippen molar-refractivity contribution in [1.82, 2.24) is 16.0 Å². The SMILES string of the molecule is C1CC[N-]CC1.C1CNCCN1.C1CNCC[N-]1.[B].[CH2-]CCC.[CH3-].[CH3-].[Li+].[Li+].[Y].[Y]. The van der Waals surface area contributed by atoms with Crippen LogP contribution in [0, 0.1) is 21.8 Å². The molecule has 0 aromatic heterocycles. The maximum absolute atomic E-state index is 4.18. The Balaban J connectivity index is -0.0000000316. The molecular formula is C19H44BLi2N5Y2-3. The Morgan fingerprint density at radius 1 is 0.655 bits per heavy atom. The fourth-order valence-electron chi connectivity index (χ4n) is 1.89. The summed E-state index contributed by atoms with van der Waals surface area (Å²) in [5, 5.41) is 17.9. The van der Waals surface area contributed by atoms with Crippen LogP contribution in [-0.4, -0.2) is 73.9 Å². The molecular weight excluding hydrogens is 501 g/mol. The van der Waals surface area contributed by atoms with Crippen LogP contribution in [0.2, 0.25) is 0 Å². The second-order valence-corrected chi connectivity index (χ2v) is 5.51. The molecule has 0 aliphatic carbocycles. The van der Waals surface area contributed by atoms with Gasteiger partial charge in [0.1, 0.15) is 0 Å². The second kappa shape index (κ2) is 52.9. The molecule has 0 aromatic rings. The minimum atomic E-state index is 0. The van der Waals surface area contributed by atoms with Crippen LogP contribution in [0.4, 0.5) is 0 Å². The molecule has 3 aliphatic rings. The summed E-state index contributed by atoms with van der Waals surface area (Å²) >= 11 is 0. The molecule has 3 heterocycles. The molecule has 3 N–H and O–H groups in total. The van der Waals surface area contributed by atoms with Crippen molar-refractivity contribution in [3.05, 3.63) is 32.4 Å². The van der Waals surface area contributed by atoms with Gasteiger partial charge < -0.3 is 48.4 Å². The summed E-state index contributed by atoms with van der Waals surface area (Å²) in [4.78, 5) is 0. The first-order valence-corrected chi connectivity index (χ1v) is 9.09. The summed E-state index contributed by atoms with van der Waals surface area (Å²) in [7, 11) is 0. The second-order valence-electron chi connectivity index (χ2n) is 5.51. The molecule has 0 bridgehead atoms. The zero-order valence-electron chi connectivity index (χ0n) is 20.4. The normalized spacial score (nSPS) is 15.9.